The average molecular weight is 389 g/mol. The Balaban J connectivity index is 2.41. The van der Waals surface area contributed by atoms with Crippen molar-refractivity contribution in [3.8, 4) is 0 Å². The van der Waals surface area contributed by atoms with E-state index in [2.05, 4.69) is 15.9 Å². The van der Waals surface area contributed by atoms with Gasteiger partial charge in [-0.05, 0) is 44.2 Å². The van der Waals surface area contributed by atoms with Crippen LogP contribution in [0.15, 0.2) is 39.7 Å². The van der Waals surface area contributed by atoms with Gasteiger partial charge < -0.3 is 5.73 Å². The molecule has 21 heavy (non-hydrogen) atoms. The maximum absolute atomic E-state index is 12.8. The molecule has 1 aromatic heterocycles. The van der Waals surface area contributed by atoms with Crippen LogP contribution in [0.4, 0.5) is 5.69 Å². The Bertz CT molecular complexity index is 756. The number of rotatable bonds is 4. The first kappa shape index (κ1) is 16.5. The fourth-order valence-corrected chi connectivity index (χ4v) is 4.99. The molecule has 0 saturated carbocycles. The molecule has 0 bridgehead atoms. The van der Waals surface area contributed by atoms with Crippen LogP contribution in [0.5, 0.6) is 0 Å². The van der Waals surface area contributed by atoms with Crippen molar-refractivity contribution in [3.05, 3.63) is 44.6 Å². The average Bonchev–Trinajstić information content (AvgIpc) is 2.86. The number of anilines is 1. The van der Waals surface area contributed by atoms with E-state index in [0.29, 0.717) is 4.47 Å². The Morgan fingerprint density at radius 1 is 1.29 bits per heavy atom. The largest absolute Gasteiger partial charge is 0.398 e. The van der Waals surface area contributed by atoms with Gasteiger partial charge in [-0.15, -0.1) is 11.3 Å². The summed E-state index contributed by atoms with van der Waals surface area (Å²) in [6.45, 7) is 3.87. The van der Waals surface area contributed by atoms with Crippen molar-refractivity contribution in [3.63, 3.8) is 0 Å². The number of thiophene rings is 1. The third kappa shape index (κ3) is 3.31. The Morgan fingerprint density at radius 3 is 2.52 bits per heavy atom. The molecule has 2 rings (SSSR count). The number of nitrogens with two attached hydrogens (primary N) is 1. The maximum atomic E-state index is 12.8. The van der Waals surface area contributed by atoms with Gasteiger partial charge in [0.25, 0.3) is 0 Å². The number of sulfonamides is 1. The summed E-state index contributed by atoms with van der Waals surface area (Å²) in [5, 5.41) is 0. The first-order valence-electron chi connectivity index (χ1n) is 6.33. The highest BCUT2D eigenvalue weighted by Gasteiger charge is 2.28. The predicted octanol–water partition coefficient (Wildman–Crippen LogP) is 3.78. The van der Waals surface area contributed by atoms with Gasteiger partial charge in [-0.1, -0.05) is 15.9 Å². The van der Waals surface area contributed by atoms with Gasteiger partial charge in [0.2, 0.25) is 10.0 Å². The van der Waals surface area contributed by atoms with Gasteiger partial charge in [0, 0.05) is 21.3 Å². The van der Waals surface area contributed by atoms with Crippen molar-refractivity contribution in [2.75, 3.05) is 12.8 Å². The van der Waals surface area contributed by atoms with Crippen molar-refractivity contribution >= 4 is 43.0 Å². The van der Waals surface area contributed by atoms with Gasteiger partial charge in [0.1, 0.15) is 4.90 Å². The second-order valence-corrected chi connectivity index (χ2v) is 9.03. The van der Waals surface area contributed by atoms with E-state index in [-0.39, 0.29) is 16.6 Å². The summed E-state index contributed by atoms with van der Waals surface area (Å²) < 4.78 is 27.6. The lowest BCUT2D eigenvalue weighted by atomic mass is 10.3. The quantitative estimate of drug-likeness (QED) is 0.810. The van der Waals surface area contributed by atoms with Gasteiger partial charge in [0.15, 0.2) is 0 Å². The van der Waals surface area contributed by atoms with Crippen LogP contribution < -0.4 is 5.73 Å². The van der Waals surface area contributed by atoms with Crippen molar-refractivity contribution in [1.29, 1.82) is 0 Å². The van der Waals surface area contributed by atoms with Crippen LogP contribution in [-0.4, -0.2) is 19.8 Å². The Labute approximate surface area is 137 Å². The fraction of sp³-hybridized carbons (Fsp3) is 0.286. The molecular weight excluding hydrogens is 372 g/mol. The van der Waals surface area contributed by atoms with Crippen LogP contribution in [0, 0.1) is 6.92 Å². The summed E-state index contributed by atoms with van der Waals surface area (Å²) in [4.78, 5) is 2.29. The second kappa shape index (κ2) is 6.08. The van der Waals surface area contributed by atoms with Gasteiger partial charge >= 0.3 is 0 Å². The number of nitrogen functional groups attached to an aromatic ring is 1. The number of nitrogens with zero attached hydrogens (tertiary/aromatic N) is 1. The third-order valence-corrected chi connectivity index (χ3v) is 7.00. The molecule has 0 fully saturated rings. The fourth-order valence-electron chi connectivity index (χ4n) is 1.95. The number of hydrogen-bond acceptors (Lipinski definition) is 4. The van der Waals surface area contributed by atoms with E-state index >= 15 is 0 Å². The molecule has 1 unspecified atom stereocenters. The molecule has 0 spiro atoms. The van der Waals surface area contributed by atoms with E-state index in [1.165, 1.54) is 10.4 Å². The zero-order chi connectivity index (χ0) is 15.8. The topological polar surface area (TPSA) is 63.4 Å². The third-order valence-electron chi connectivity index (χ3n) is 3.35. The highest BCUT2D eigenvalue weighted by molar-refractivity contribution is 9.10. The molecule has 2 aromatic rings. The molecule has 1 heterocycles. The molecular formula is C14H17BrN2O2S2. The summed E-state index contributed by atoms with van der Waals surface area (Å²) in [6.07, 6.45) is 0. The lowest BCUT2D eigenvalue weighted by Crippen LogP contribution is -2.30. The normalized spacial score (nSPS) is 13.6. The highest BCUT2D eigenvalue weighted by Crippen LogP contribution is 2.32. The van der Waals surface area contributed by atoms with Crippen LogP contribution >= 0.6 is 27.3 Å². The van der Waals surface area contributed by atoms with Gasteiger partial charge in [-0.3, -0.25) is 0 Å². The first-order valence-corrected chi connectivity index (χ1v) is 9.38. The number of aryl methyl sites for hydroxylation is 1. The number of halogens is 1. The molecule has 0 aliphatic rings. The molecule has 1 aromatic carbocycles. The minimum atomic E-state index is -3.65. The molecule has 1 atom stereocenters. The molecule has 2 N–H and O–H groups in total. The monoisotopic (exact) mass is 388 g/mol. The molecule has 0 amide bonds. The van der Waals surface area contributed by atoms with Gasteiger partial charge in [0.05, 0.1) is 11.7 Å². The molecule has 4 nitrogen and oxygen atoms in total. The molecule has 114 valence electrons. The van der Waals surface area contributed by atoms with Gasteiger partial charge in [-0.25, -0.2) is 8.42 Å². The zero-order valence-electron chi connectivity index (χ0n) is 12.0. The number of hydrogen-bond donors (Lipinski definition) is 1. The first-order chi connectivity index (χ1) is 9.73. The minimum absolute atomic E-state index is 0.125. The zero-order valence-corrected chi connectivity index (χ0v) is 15.2. The predicted molar refractivity (Wildman–Crippen MR) is 91.0 cm³/mol. The molecule has 7 heteroatoms. The lowest BCUT2D eigenvalue weighted by Gasteiger charge is -2.24. The Hall–Kier alpha value is -0.890. The minimum Gasteiger partial charge on any atom is -0.398 e. The van der Waals surface area contributed by atoms with Crippen LogP contribution in [-0.2, 0) is 10.0 Å². The summed E-state index contributed by atoms with van der Waals surface area (Å²) in [5.41, 5.74) is 6.08. The maximum Gasteiger partial charge on any atom is 0.245 e. The van der Waals surface area contributed by atoms with Gasteiger partial charge in [-0.2, -0.15) is 4.31 Å². The summed E-state index contributed by atoms with van der Waals surface area (Å²) in [5.74, 6) is 0. The summed E-state index contributed by atoms with van der Waals surface area (Å²) >= 11 is 4.88. The van der Waals surface area contributed by atoms with E-state index in [9.17, 15) is 8.42 Å². The molecule has 0 aliphatic heterocycles. The molecule has 0 radical (unpaired) electrons. The van der Waals surface area contributed by atoms with Crippen molar-refractivity contribution in [1.82, 2.24) is 4.31 Å². The molecule has 0 saturated heterocycles. The van der Waals surface area contributed by atoms with E-state index in [1.54, 1.807) is 30.5 Å². The van der Waals surface area contributed by atoms with E-state index in [1.807, 2.05) is 26.0 Å². The Kier molecular flexibility index (Phi) is 4.77. The second-order valence-electron chi connectivity index (χ2n) is 4.83. The van der Waals surface area contributed by atoms with Crippen LogP contribution in [0.2, 0.25) is 0 Å². The standard InChI is InChI=1S/C14H17BrN2O2S2/c1-9-4-7-13(20-9)10(2)17(3)21(18,19)14-8-11(15)5-6-12(14)16/h4-8,10H,16H2,1-3H3. The number of benzene rings is 1. The Morgan fingerprint density at radius 2 is 1.95 bits per heavy atom. The molecule has 0 aliphatic carbocycles. The smallest absolute Gasteiger partial charge is 0.245 e. The van der Waals surface area contributed by atoms with Crippen LogP contribution in [0.3, 0.4) is 0 Å². The lowest BCUT2D eigenvalue weighted by molar-refractivity contribution is 0.403. The van der Waals surface area contributed by atoms with Crippen molar-refractivity contribution in [2.45, 2.75) is 24.8 Å². The highest BCUT2D eigenvalue weighted by atomic mass is 79.9. The van der Waals surface area contributed by atoms with Crippen molar-refractivity contribution in [2.24, 2.45) is 0 Å². The van der Waals surface area contributed by atoms with Crippen LogP contribution in [0.1, 0.15) is 22.7 Å². The van der Waals surface area contributed by atoms with E-state index in [0.717, 1.165) is 9.75 Å². The SMILES string of the molecule is Cc1ccc(C(C)N(C)S(=O)(=O)c2cc(Br)ccc2N)s1. The van der Waals surface area contributed by atoms with E-state index < -0.39 is 10.0 Å². The van der Waals surface area contributed by atoms with E-state index in [4.69, 9.17) is 5.73 Å². The van der Waals surface area contributed by atoms with Crippen LogP contribution in [0.25, 0.3) is 0 Å². The van der Waals surface area contributed by atoms with Crippen molar-refractivity contribution < 1.29 is 8.42 Å². The summed E-state index contributed by atoms with van der Waals surface area (Å²) in [6, 6.07) is 8.55. The summed E-state index contributed by atoms with van der Waals surface area (Å²) in [7, 11) is -2.07.